The second kappa shape index (κ2) is 7.90. The summed E-state index contributed by atoms with van der Waals surface area (Å²) in [5, 5.41) is 0.201. The molecule has 0 unspecified atom stereocenters. The van der Waals surface area contributed by atoms with E-state index in [1.54, 1.807) is 13.8 Å². The molecule has 0 saturated carbocycles. The molecule has 0 saturated heterocycles. The van der Waals surface area contributed by atoms with E-state index in [1.165, 1.54) is 42.6 Å². The highest BCUT2D eigenvalue weighted by molar-refractivity contribution is 7.91. The summed E-state index contributed by atoms with van der Waals surface area (Å²) < 4.78 is 35.3. The Labute approximate surface area is 155 Å². The van der Waals surface area contributed by atoms with E-state index in [-0.39, 0.29) is 22.3 Å². The van der Waals surface area contributed by atoms with Crippen molar-refractivity contribution < 1.29 is 22.4 Å². The van der Waals surface area contributed by atoms with Crippen LogP contribution in [0.5, 0.6) is 0 Å². The molecule has 0 bridgehead atoms. The van der Waals surface area contributed by atoms with E-state index in [1.807, 2.05) is 5.43 Å². The van der Waals surface area contributed by atoms with Crippen molar-refractivity contribution in [2.24, 2.45) is 10.8 Å². The summed E-state index contributed by atoms with van der Waals surface area (Å²) in [5.41, 5.74) is 1.02. The number of carbonyl (C=O) groups is 1. The van der Waals surface area contributed by atoms with E-state index < -0.39 is 21.5 Å². The molecular formula is C16H18ClN3O5S. The lowest BCUT2D eigenvalue weighted by molar-refractivity contribution is 0.0450. The van der Waals surface area contributed by atoms with Crippen LogP contribution in [-0.2, 0) is 14.6 Å². The number of rotatable bonds is 6. The summed E-state index contributed by atoms with van der Waals surface area (Å²) in [6.07, 6.45) is 0.958. The van der Waals surface area contributed by atoms with Gasteiger partial charge in [-0.3, -0.25) is 5.43 Å². The zero-order valence-electron chi connectivity index (χ0n) is 14.1. The van der Waals surface area contributed by atoms with Gasteiger partial charge in [0.15, 0.2) is 0 Å². The summed E-state index contributed by atoms with van der Waals surface area (Å²) in [6, 6.07) is 8.50. The molecule has 1 amide bonds. The fourth-order valence-corrected chi connectivity index (χ4v) is 3.23. The average Bonchev–Trinajstić information content (AvgIpc) is 3.04. The number of aliphatic imine (C=N–C) groups is 1. The smallest absolute Gasteiger partial charge is 0.421 e. The van der Waals surface area contributed by atoms with Gasteiger partial charge in [-0.05, 0) is 44.2 Å². The number of carbonyl (C=O) groups excluding carboxylic acids is 1. The zero-order valence-corrected chi connectivity index (χ0v) is 15.7. The molecule has 0 fully saturated rings. The number of amides is 1. The highest BCUT2D eigenvalue weighted by Gasteiger charge is 2.23. The summed E-state index contributed by atoms with van der Waals surface area (Å²) in [4.78, 5) is 15.2. The molecule has 26 heavy (non-hydrogen) atoms. The first-order valence-corrected chi connectivity index (χ1v) is 9.33. The SMILES string of the molecule is CC(C)(C/C=N/c1ccc(S(=O)(=O)c2ccc(Cl)cc2)o1)OC(=O)NN. The molecular weight excluding hydrogens is 382 g/mol. The summed E-state index contributed by atoms with van der Waals surface area (Å²) in [6.45, 7) is 3.35. The normalized spacial score (nSPS) is 12.3. The summed E-state index contributed by atoms with van der Waals surface area (Å²) in [7, 11) is -3.80. The van der Waals surface area contributed by atoms with Crippen LogP contribution in [0.4, 0.5) is 10.7 Å². The highest BCUT2D eigenvalue weighted by atomic mass is 35.5. The number of hydrazine groups is 1. The molecule has 1 aromatic heterocycles. The van der Waals surface area contributed by atoms with Crippen LogP contribution in [0.3, 0.4) is 0 Å². The first-order chi connectivity index (χ1) is 12.1. The zero-order chi connectivity index (χ0) is 19.4. The van der Waals surface area contributed by atoms with Gasteiger partial charge < -0.3 is 9.15 Å². The van der Waals surface area contributed by atoms with Crippen molar-refractivity contribution in [3.63, 3.8) is 0 Å². The molecule has 1 heterocycles. The number of furan rings is 1. The van der Waals surface area contributed by atoms with Crippen molar-refractivity contribution in [2.75, 3.05) is 0 Å². The topological polar surface area (TPSA) is 124 Å². The van der Waals surface area contributed by atoms with Crippen molar-refractivity contribution in [1.82, 2.24) is 5.43 Å². The van der Waals surface area contributed by atoms with Crippen molar-refractivity contribution in [3.8, 4) is 0 Å². The Balaban J connectivity index is 2.10. The molecule has 140 valence electrons. The Bertz CT molecular complexity index is 904. The van der Waals surface area contributed by atoms with Crippen LogP contribution in [0.25, 0.3) is 0 Å². The molecule has 0 radical (unpaired) electrons. The molecule has 1 aromatic carbocycles. The van der Waals surface area contributed by atoms with Gasteiger partial charge in [0.2, 0.25) is 20.8 Å². The first kappa shape index (κ1) is 20.0. The Morgan fingerprint density at radius 1 is 1.31 bits per heavy atom. The van der Waals surface area contributed by atoms with Gasteiger partial charge in [0.05, 0.1) is 4.90 Å². The van der Waals surface area contributed by atoms with Crippen LogP contribution in [0.1, 0.15) is 20.3 Å². The third-order valence-electron chi connectivity index (χ3n) is 3.24. The molecule has 2 aromatic rings. The average molecular weight is 400 g/mol. The molecule has 2 rings (SSSR count). The Hall–Kier alpha value is -2.36. The fraction of sp³-hybridized carbons (Fsp3) is 0.250. The highest BCUT2D eigenvalue weighted by Crippen LogP contribution is 2.27. The van der Waals surface area contributed by atoms with Crippen LogP contribution in [0.15, 0.2) is 55.8 Å². The predicted molar refractivity (Wildman–Crippen MR) is 96.3 cm³/mol. The molecule has 0 aliphatic rings. The summed E-state index contributed by atoms with van der Waals surface area (Å²) in [5.74, 6) is 5.07. The van der Waals surface area contributed by atoms with Crippen LogP contribution < -0.4 is 11.3 Å². The Morgan fingerprint density at radius 3 is 2.58 bits per heavy atom. The maximum Gasteiger partial charge on any atom is 0.421 e. The third-order valence-corrected chi connectivity index (χ3v) is 5.14. The minimum atomic E-state index is -3.80. The van der Waals surface area contributed by atoms with Gasteiger partial charge in [-0.2, -0.15) is 0 Å². The molecule has 0 aliphatic carbocycles. The number of hydrogen-bond donors (Lipinski definition) is 2. The number of nitrogens with zero attached hydrogens (tertiary/aromatic N) is 1. The number of ether oxygens (including phenoxy) is 1. The number of hydrogen-bond acceptors (Lipinski definition) is 7. The number of nitrogens with two attached hydrogens (primary N) is 1. The number of benzene rings is 1. The molecule has 0 atom stereocenters. The van der Waals surface area contributed by atoms with E-state index in [4.69, 9.17) is 26.6 Å². The third kappa shape index (κ3) is 5.07. The lowest BCUT2D eigenvalue weighted by Crippen LogP contribution is -2.38. The van der Waals surface area contributed by atoms with Gasteiger partial charge >= 0.3 is 6.09 Å². The van der Waals surface area contributed by atoms with E-state index in [2.05, 4.69) is 4.99 Å². The standard InChI is InChI=1S/C16H18ClN3O5S/c1-16(2,25-15(21)20-18)9-10-19-13-7-8-14(24-13)26(22,23)12-5-3-11(17)4-6-12/h3-8,10H,9,18H2,1-2H3,(H,20,21)/b19-10+. The number of nitrogens with one attached hydrogen (secondary N) is 1. The second-order valence-corrected chi connectivity index (χ2v) is 8.18. The first-order valence-electron chi connectivity index (χ1n) is 7.47. The van der Waals surface area contributed by atoms with Gasteiger partial charge in [0.25, 0.3) is 0 Å². The Kier molecular flexibility index (Phi) is 6.06. The van der Waals surface area contributed by atoms with E-state index in [9.17, 15) is 13.2 Å². The lowest BCUT2D eigenvalue weighted by atomic mass is 10.1. The van der Waals surface area contributed by atoms with E-state index in [0.29, 0.717) is 5.02 Å². The minimum absolute atomic E-state index is 0.0640. The van der Waals surface area contributed by atoms with E-state index >= 15 is 0 Å². The van der Waals surface area contributed by atoms with Gasteiger partial charge in [-0.15, -0.1) is 0 Å². The largest absolute Gasteiger partial charge is 0.442 e. The van der Waals surface area contributed by atoms with Gasteiger partial charge in [0.1, 0.15) is 5.60 Å². The fourth-order valence-electron chi connectivity index (χ4n) is 1.93. The number of sulfone groups is 1. The van der Waals surface area contributed by atoms with Gasteiger partial charge in [0, 0.05) is 23.7 Å². The summed E-state index contributed by atoms with van der Waals surface area (Å²) >= 11 is 5.77. The molecule has 0 aliphatic heterocycles. The van der Waals surface area contributed by atoms with Crippen molar-refractivity contribution >= 4 is 39.6 Å². The molecule has 8 nitrogen and oxygen atoms in total. The monoisotopic (exact) mass is 399 g/mol. The minimum Gasteiger partial charge on any atom is -0.442 e. The maximum atomic E-state index is 12.5. The lowest BCUT2D eigenvalue weighted by Gasteiger charge is -2.22. The van der Waals surface area contributed by atoms with Crippen LogP contribution in [0, 0.1) is 0 Å². The second-order valence-electron chi connectivity index (χ2n) is 5.86. The van der Waals surface area contributed by atoms with Crippen LogP contribution in [-0.4, -0.2) is 26.3 Å². The molecule has 0 spiro atoms. The quantitative estimate of drug-likeness (QED) is 0.332. The van der Waals surface area contributed by atoms with Crippen molar-refractivity contribution in [1.29, 1.82) is 0 Å². The van der Waals surface area contributed by atoms with Crippen LogP contribution in [0.2, 0.25) is 5.02 Å². The van der Waals surface area contributed by atoms with Gasteiger partial charge in [-0.25, -0.2) is 24.0 Å². The van der Waals surface area contributed by atoms with E-state index in [0.717, 1.165) is 0 Å². The molecule has 10 heteroatoms. The maximum absolute atomic E-state index is 12.5. The molecule has 3 N–H and O–H groups in total. The van der Waals surface area contributed by atoms with Crippen LogP contribution >= 0.6 is 11.6 Å². The van der Waals surface area contributed by atoms with Gasteiger partial charge in [-0.1, -0.05) is 11.6 Å². The van der Waals surface area contributed by atoms with Crippen molar-refractivity contribution in [3.05, 3.63) is 41.4 Å². The van der Waals surface area contributed by atoms with Crippen molar-refractivity contribution in [2.45, 2.75) is 35.9 Å². The number of halogens is 1. The predicted octanol–water partition coefficient (Wildman–Crippen LogP) is 3.24. The Morgan fingerprint density at radius 2 is 1.96 bits per heavy atom.